The fraction of sp³-hybridized carbons (Fsp3) is 0.176. The molecule has 0 unspecified atom stereocenters. The number of carbonyl (C=O) groups is 2. The van der Waals surface area contributed by atoms with Crippen LogP contribution in [0.5, 0.6) is 5.75 Å². The first-order chi connectivity index (χ1) is 10.9. The number of esters is 1. The molecular formula is C17H16FNO4. The molecule has 0 aliphatic rings. The maximum atomic E-state index is 13.5. The number of aryl methyl sites for hydroxylation is 1. The molecule has 2 N–H and O–H groups in total. The summed E-state index contributed by atoms with van der Waals surface area (Å²) in [6.07, 6.45) is -1.15. The maximum absolute atomic E-state index is 13.5. The largest absolute Gasteiger partial charge is 0.507 e. The Morgan fingerprint density at radius 1 is 1.22 bits per heavy atom. The lowest BCUT2D eigenvalue weighted by Gasteiger charge is -2.14. The Bertz CT molecular complexity index is 745. The first kappa shape index (κ1) is 16.5. The summed E-state index contributed by atoms with van der Waals surface area (Å²) in [4.78, 5) is 23.9. The van der Waals surface area contributed by atoms with Gasteiger partial charge >= 0.3 is 5.97 Å². The highest BCUT2D eigenvalue weighted by atomic mass is 19.1. The topological polar surface area (TPSA) is 75.6 Å². The number of aromatic hydroxyl groups is 1. The number of hydrogen-bond acceptors (Lipinski definition) is 4. The number of carbonyl (C=O) groups excluding carboxylic acids is 2. The van der Waals surface area contributed by atoms with Gasteiger partial charge in [-0.1, -0.05) is 18.2 Å². The quantitative estimate of drug-likeness (QED) is 0.850. The molecular weight excluding hydrogens is 301 g/mol. The Labute approximate surface area is 132 Å². The minimum absolute atomic E-state index is 0.00131. The number of para-hydroxylation sites is 1. The molecule has 1 amide bonds. The lowest BCUT2D eigenvalue weighted by Crippen LogP contribution is -2.30. The smallest absolute Gasteiger partial charge is 0.342 e. The van der Waals surface area contributed by atoms with Gasteiger partial charge in [0.25, 0.3) is 5.91 Å². The van der Waals surface area contributed by atoms with Gasteiger partial charge in [0.05, 0.1) is 5.69 Å². The first-order valence-corrected chi connectivity index (χ1v) is 6.94. The summed E-state index contributed by atoms with van der Waals surface area (Å²) in [5, 5.41) is 12.1. The van der Waals surface area contributed by atoms with E-state index in [0.717, 1.165) is 5.56 Å². The number of halogens is 1. The molecule has 0 heterocycles. The van der Waals surface area contributed by atoms with E-state index >= 15 is 0 Å². The average Bonchev–Trinajstić information content (AvgIpc) is 2.49. The van der Waals surface area contributed by atoms with E-state index in [1.165, 1.54) is 37.3 Å². The number of rotatable bonds is 4. The summed E-state index contributed by atoms with van der Waals surface area (Å²) in [6.45, 7) is 3.12. The number of benzene rings is 2. The van der Waals surface area contributed by atoms with Crippen LogP contribution in [0.4, 0.5) is 10.1 Å². The van der Waals surface area contributed by atoms with Crippen LogP contribution < -0.4 is 5.32 Å². The third kappa shape index (κ3) is 4.06. The molecule has 5 nitrogen and oxygen atoms in total. The van der Waals surface area contributed by atoms with Gasteiger partial charge in [-0.15, -0.1) is 0 Å². The van der Waals surface area contributed by atoms with Gasteiger partial charge in [-0.05, 0) is 43.7 Å². The highest BCUT2D eigenvalue weighted by molar-refractivity contribution is 5.98. The zero-order valence-corrected chi connectivity index (χ0v) is 12.7. The molecule has 23 heavy (non-hydrogen) atoms. The molecule has 6 heteroatoms. The van der Waals surface area contributed by atoms with Crippen molar-refractivity contribution in [2.24, 2.45) is 0 Å². The van der Waals surface area contributed by atoms with E-state index in [9.17, 15) is 19.1 Å². The van der Waals surface area contributed by atoms with Crippen molar-refractivity contribution in [3.8, 4) is 5.75 Å². The Hall–Kier alpha value is -2.89. The molecule has 120 valence electrons. The van der Waals surface area contributed by atoms with Gasteiger partial charge in [0.1, 0.15) is 17.1 Å². The Morgan fingerprint density at radius 2 is 1.91 bits per heavy atom. The summed E-state index contributed by atoms with van der Waals surface area (Å²) in [6, 6.07) is 10.1. The zero-order chi connectivity index (χ0) is 17.0. The SMILES string of the molecule is Cc1ccc(C(=O)O[C@@H](C)C(=O)Nc2ccccc2F)c(O)c1. The van der Waals surface area contributed by atoms with E-state index in [-0.39, 0.29) is 17.0 Å². The maximum Gasteiger partial charge on any atom is 0.342 e. The number of phenolic OH excluding ortho intramolecular Hbond substituents is 1. The van der Waals surface area contributed by atoms with Crippen LogP contribution in [0.15, 0.2) is 42.5 Å². The standard InChI is InChI=1S/C17H16FNO4/c1-10-7-8-12(15(20)9-10)17(22)23-11(2)16(21)19-14-6-4-3-5-13(14)18/h3-9,11,20H,1-2H3,(H,19,21)/t11-/m0/s1. The number of phenols is 1. The van der Waals surface area contributed by atoms with E-state index in [1.54, 1.807) is 19.1 Å². The minimum Gasteiger partial charge on any atom is -0.507 e. The van der Waals surface area contributed by atoms with Crippen LogP contribution in [0, 0.1) is 12.7 Å². The summed E-state index contributed by atoms with van der Waals surface area (Å²) in [5.41, 5.74) is 0.740. The van der Waals surface area contributed by atoms with Gasteiger partial charge in [0.15, 0.2) is 6.10 Å². The second-order valence-corrected chi connectivity index (χ2v) is 5.04. The van der Waals surface area contributed by atoms with Crippen molar-refractivity contribution in [2.75, 3.05) is 5.32 Å². The molecule has 0 aliphatic carbocycles. The van der Waals surface area contributed by atoms with Crippen LogP contribution in [0.1, 0.15) is 22.8 Å². The highest BCUT2D eigenvalue weighted by Gasteiger charge is 2.21. The Kier molecular flexibility index (Phi) is 4.95. The summed E-state index contributed by atoms with van der Waals surface area (Å²) in [7, 11) is 0. The van der Waals surface area contributed by atoms with Gasteiger partial charge in [0.2, 0.25) is 0 Å². The van der Waals surface area contributed by atoms with E-state index in [2.05, 4.69) is 5.32 Å². The van der Waals surface area contributed by atoms with Crippen LogP contribution in [0.25, 0.3) is 0 Å². The lowest BCUT2D eigenvalue weighted by molar-refractivity contribution is -0.123. The van der Waals surface area contributed by atoms with E-state index in [4.69, 9.17) is 4.74 Å². The second kappa shape index (κ2) is 6.91. The number of nitrogens with one attached hydrogen (secondary N) is 1. The number of hydrogen-bond donors (Lipinski definition) is 2. The fourth-order valence-electron chi connectivity index (χ4n) is 1.89. The molecule has 1 atom stereocenters. The number of ether oxygens (including phenoxy) is 1. The van der Waals surface area contributed by atoms with Crippen LogP contribution in [0.3, 0.4) is 0 Å². The van der Waals surface area contributed by atoms with Gasteiger partial charge in [0, 0.05) is 0 Å². The van der Waals surface area contributed by atoms with Crippen LogP contribution in [0.2, 0.25) is 0 Å². The third-order valence-corrected chi connectivity index (χ3v) is 3.16. The predicted octanol–water partition coefficient (Wildman–Crippen LogP) is 3.02. The monoisotopic (exact) mass is 317 g/mol. The Morgan fingerprint density at radius 3 is 2.57 bits per heavy atom. The molecule has 0 bridgehead atoms. The molecule has 0 fully saturated rings. The average molecular weight is 317 g/mol. The first-order valence-electron chi connectivity index (χ1n) is 6.94. The van der Waals surface area contributed by atoms with Crippen LogP contribution >= 0.6 is 0 Å². The van der Waals surface area contributed by atoms with E-state index in [1.807, 2.05) is 0 Å². The van der Waals surface area contributed by atoms with Crippen molar-refractivity contribution in [3.05, 3.63) is 59.4 Å². The van der Waals surface area contributed by atoms with E-state index < -0.39 is 23.8 Å². The molecule has 0 aliphatic heterocycles. The summed E-state index contributed by atoms with van der Waals surface area (Å²) in [5.74, 6) is -2.32. The molecule has 0 radical (unpaired) electrons. The molecule has 2 rings (SSSR count). The van der Waals surface area contributed by atoms with Gasteiger partial charge in [-0.25, -0.2) is 9.18 Å². The van der Waals surface area contributed by atoms with Crippen molar-refractivity contribution in [1.29, 1.82) is 0 Å². The zero-order valence-electron chi connectivity index (χ0n) is 12.7. The molecule has 0 spiro atoms. The van der Waals surface area contributed by atoms with Gasteiger partial charge in [-0.2, -0.15) is 0 Å². The van der Waals surface area contributed by atoms with Crippen molar-refractivity contribution < 1.29 is 23.8 Å². The third-order valence-electron chi connectivity index (χ3n) is 3.16. The van der Waals surface area contributed by atoms with Crippen LogP contribution in [-0.2, 0) is 9.53 Å². The van der Waals surface area contributed by atoms with Crippen molar-refractivity contribution in [3.63, 3.8) is 0 Å². The summed E-state index contributed by atoms with van der Waals surface area (Å²) >= 11 is 0. The number of anilines is 1. The van der Waals surface area contributed by atoms with Crippen LogP contribution in [-0.4, -0.2) is 23.1 Å². The summed E-state index contributed by atoms with van der Waals surface area (Å²) < 4.78 is 18.5. The molecule has 0 saturated heterocycles. The highest BCUT2D eigenvalue weighted by Crippen LogP contribution is 2.20. The lowest BCUT2D eigenvalue weighted by atomic mass is 10.1. The van der Waals surface area contributed by atoms with E-state index in [0.29, 0.717) is 0 Å². The normalized spacial score (nSPS) is 11.6. The molecule has 2 aromatic carbocycles. The van der Waals surface area contributed by atoms with Crippen molar-refractivity contribution in [2.45, 2.75) is 20.0 Å². The molecule has 0 aromatic heterocycles. The molecule has 2 aromatic rings. The second-order valence-electron chi connectivity index (χ2n) is 5.04. The molecule has 0 saturated carbocycles. The predicted molar refractivity (Wildman–Crippen MR) is 82.8 cm³/mol. The van der Waals surface area contributed by atoms with Gasteiger partial charge < -0.3 is 15.2 Å². The van der Waals surface area contributed by atoms with Crippen molar-refractivity contribution in [1.82, 2.24) is 0 Å². The number of amides is 1. The fourth-order valence-corrected chi connectivity index (χ4v) is 1.89. The van der Waals surface area contributed by atoms with Crippen molar-refractivity contribution >= 4 is 17.6 Å². The Balaban J connectivity index is 2.03. The minimum atomic E-state index is -1.15. The van der Waals surface area contributed by atoms with Gasteiger partial charge in [-0.3, -0.25) is 4.79 Å².